The molecule has 1 spiro atoms. The molecule has 1 aromatic rings. The number of amides is 1. The van der Waals surface area contributed by atoms with Crippen molar-refractivity contribution in [2.45, 2.75) is 43.9 Å². The largest absolute Gasteiger partial charge is 0.497 e. The molecule has 1 atom stereocenters. The Hall–Kier alpha value is -1.63. The molecule has 0 aromatic heterocycles. The summed E-state index contributed by atoms with van der Waals surface area (Å²) in [5.41, 5.74) is 1.16. The van der Waals surface area contributed by atoms with Gasteiger partial charge >= 0.3 is 0 Å². The Labute approximate surface area is 161 Å². The van der Waals surface area contributed by atoms with Gasteiger partial charge in [0.1, 0.15) is 5.75 Å². The van der Waals surface area contributed by atoms with Crippen LogP contribution in [0.3, 0.4) is 0 Å². The summed E-state index contributed by atoms with van der Waals surface area (Å²) in [7, 11) is 1.67. The third-order valence-electron chi connectivity index (χ3n) is 6.35. The van der Waals surface area contributed by atoms with Crippen LogP contribution in [0.25, 0.3) is 0 Å². The van der Waals surface area contributed by atoms with E-state index in [9.17, 15) is 4.79 Å². The molecular formula is C21H31N3O3. The van der Waals surface area contributed by atoms with E-state index in [0.717, 1.165) is 69.8 Å². The first-order valence-electron chi connectivity index (χ1n) is 10.2. The molecule has 3 aliphatic heterocycles. The van der Waals surface area contributed by atoms with Crippen LogP contribution in [-0.2, 0) is 16.1 Å². The van der Waals surface area contributed by atoms with Gasteiger partial charge in [-0.05, 0) is 56.5 Å². The summed E-state index contributed by atoms with van der Waals surface area (Å²) < 4.78 is 11.5. The first kappa shape index (κ1) is 18.7. The SMILES string of the molecule is COc1cccc(CN2CCN(C3CCOC4(CCNCC4)C3)CC2=O)c1. The normalized spacial score (nSPS) is 26.3. The average molecular weight is 373 g/mol. The predicted molar refractivity (Wildman–Crippen MR) is 104 cm³/mol. The van der Waals surface area contributed by atoms with Crippen LogP contribution in [-0.4, -0.2) is 73.8 Å². The summed E-state index contributed by atoms with van der Waals surface area (Å²) in [6.07, 6.45) is 4.29. The minimum Gasteiger partial charge on any atom is -0.497 e. The van der Waals surface area contributed by atoms with Crippen LogP contribution in [0.1, 0.15) is 31.2 Å². The number of piperidine rings is 1. The van der Waals surface area contributed by atoms with Crippen LogP contribution >= 0.6 is 0 Å². The molecule has 6 nitrogen and oxygen atoms in total. The molecule has 3 saturated heterocycles. The fourth-order valence-electron chi connectivity index (χ4n) is 4.74. The van der Waals surface area contributed by atoms with Crippen molar-refractivity contribution in [3.8, 4) is 5.75 Å². The molecule has 0 saturated carbocycles. The Kier molecular flexibility index (Phi) is 5.66. The average Bonchev–Trinajstić information content (AvgIpc) is 2.70. The van der Waals surface area contributed by atoms with Crippen molar-refractivity contribution in [1.29, 1.82) is 0 Å². The Morgan fingerprint density at radius 3 is 2.93 bits per heavy atom. The number of ether oxygens (including phenoxy) is 2. The fraction of sp³-hybridized carbons (Fsp3) is 0.667. The van der Waals surface area contributed by atoms with Gasteiger partial charge < -0.3 is 19.7 Å². The first-order chi connectivity index (χ1) is 13.2. The second-order valence-electron chi connectivity index (χ2n) is 8.07. The van der Waals surface area contributed by atoms with E-state index in [1.54, 1.807) is 7.11 Å². The number of nitrogens with zero attached hydrogens (tertiary/aromatic N) is 2. The standard InChI is InChI=1S/C21H31N3O3/c1-26-19-4-2-3-17(13-19)15-24-11-10-23(16-20(24)25)18-5-12-27-21(14-18)6-8-22-9-7-21/h2-4,13,18,22H,5-12,14-16H2,1H3. The third-order valence-corrected chi connectivity index (χ3v) is 6.35. The second-order valence-corrected chi connectivity index (χ2v) is 8.07. The van der Waals surface area contributed by atoms with Gasteiger partial charge in [-0.25, -0.2) is 0 Å². The monoisotopic (exact) mass is 373 g/mol. The Morgan fingerprint density at radius 1 is 1.30 bits per heavy atom. The van der Waals surface area contributed by atoms with Gasteiger partial charge in [-0.15, -0.1) is 0 Å². The van der Waals surface area contributed by atoms with Crippen LogP contribution in [0.4, 0.5) is 0 Å². The Morgan fingerprint density at radius 2 is 2.15 bits per heavy atom. The topological polar surface area (TPSA) is 54.0 Å². The zero-order valence-corrected chi connectivity index (χ0v) is 16.3. The van der Waals surface area contributed by atoms with E-state index in [2.05, 4.69) is 16.3 Å². The summed E-state index contributed by atoms with van der Waals surface area (Å²) in [5.74, 6) is 1.07. The summed E-state index contributed by atoms with van der Waals surface area (Å²) in [5, 5.41) is 3.43. The lowest BCUT2D eigenvalue weighted by Gasteiger charge is -2.48. The van der Waals surface area contributed by atoms with Gasteiger partial charge in [-0.1, -0.05) is 12.1 Å². The Bertz CT molecular complexity index is 654. The highest BCUT2D eigenvalue weighted by atomic mass is 16.5. The maximum absolute atomic E-state index is 12.8. The van der Waals surface area contributed by atoms with E-state index in [1.807, 2.05) is 23.1 Å². The van der Waals surface area contributed by atoms with Crippen molar-refractivity contribution in [1.82, 2.24) is 15.1 Å². The first-order valence-corrected chi connectivity index (χ1v) is 10.2. The van der Waals surface area contributed by atoms with Crippen LogP contribution < -0.4 is 10.1 Å². The Balaban J connectivity index is 1.34. The highest BCUT2D eigenvalue weighted by Gasteiger charge is 2.41. The summed E-state index contributed by atoms with van der Waals surface area (Å²) in [6, 6.07) is 8.46. The van der Waals surface area contributed by atoms with Gasteiger partial charge in [0, 0.05) is 32.3 Å². The van der Waals surface area contributed by atoms with Crippen molar-refractivity contribution < 1.29 is 14.3 Å². The van der Waals surface area contributed by atoms with Gasteiger partial charge in [0.05, 0.1) is 19.3 Å². The van der Waals surface area contributed by atoms with Gasteiger partial charge in [0.25, 0.3) is 0 Å². The van der Waals surface area contributed by atoms with Crippen molar-refractivity contribution in [2.24, 2.45) is 0 Å². The molecule has 3 heterocycles. The number of piperazine rings is 1. The van der Waals surface area contributed by atoms with E-state index in [1.165, 1.54) is 0 Å². The zero-order chi connectivity index (χ0) is 18.7. The number of benzene rings is 1. The van der Waals surface area contributed by atoms with E-state index < -0.39 is 0 Å². The molecular weight excluding hydrogens is 342 g/mol. The number of carbonyl (C=O) groups is 1. The van der Waals surface area contributed by atoms with Crippen LogP contribution in [0.5, 0.6) is 5.75 Å². The second kappa shape index (κ2) is 8.17. The molecule has 1 N–H and O–H groups in total. The van der Waals surface area contributed by atoms with E-state index in [0.29, 0.717) is 19.1 Å². The van der Waals surface area contributed by atoms with E-state index in [4.69, 9.17) is 9.47 Å². The summed E-state index contributed by atoms with van der Waals surface area (Å²) in [4.78, 5) is 17.2. The highest BCUT2D eigenvalue weighted by molar-refractivity contribution is 5.79. The van der Waals surface area contributed by atoms with Crippen LogP contribution in [0.2, 0.25) is 0 Å². The number of methoxy groups -OCH3 is 1. The van der Waals surface area contributed by atoms with Crippen molar-refractivity contribution in [3.63, 3.8) is 0 Å². The molecule has 27 heavy (non-hydrogen) atoms. The predicted octanol–water partition coefficient (Wildman–Crippen LogP) is 1.64. The fourth-order valence-corrected chi connectivity index (χ4v) is 4.74. The minimum atomic E-state index is 0.0366. The molecule has 0 bridgehead atoms. The maximum Gasteiger partial charge on any atom is 0.237 e. The van der Waals surface area contributed by atoms with Crippen molar-refractivity contribution >= 4 is 5.91 Å². The molecule has 0 radical (unpaired) electrons. The molecule has 148 valence electrons. The lowest BCUT2D eigenvalue weighted by molar-refractivity contribution is -0.146. The number of carbonyl (C=O) groups excluding carboxylic acids is 1. The molecule has 0 aliphatic carbocycles. The van der Waals surface area contributed by atoms with Crippen molar-refractivity contribution in [2.75, 3.05) is 46.4 Å². The van der Waals surface area contributed by atoms with Gasteiger partial charge in [-0.3, -0.25) is 9.69 Å². The zero-order valence-electron chi connectivity index (χ0n) is 16.3. The molecule has 1 unspecified atom stereocenters. The number of hydrogen-bond acceptors (Lipinski definition) is 5. The molecule has 1 amide bonds. The minimum absolute atomic E-state index is 0.0366. The molecule has 3 fully saturated rings. The molecule has 4 rings (SSSR count). The number of nitrogens with one attached hydrogen (secondary N) is 1. The lowest BCUT2D eigenvalue weighted by Crippen LogP contribution is -2.58. The number of hydrogen-bond donors (Lipinski definition) is 1. The summed E-state index contributed by atoms with van der Waals surface area (Å²) >= 11 is 0. The van der Waals surface area contributed by atoms with Gasteiger partial charge in [-0.2, -0.15) is 0 Å². The third kappa shape index (κ3) is 4.28. The van der Waals surface area contributed by atoms with E-state index >= 15 is 0 Å². The molecule has 1 aromatic carbocycles. The lowest BCUT2D eigenvalue weighted by atomic mass is 9.82. The van der Waals surface area contributed by atoms with Crippen LogP contribution in [0, 0.1) is 0 Å². The van der Waals surface area contributed by atoms with Gasteiger partial charge in [0.15, 0.2) is 0 Å². The highest BCUT2D eigenvalue weighted by Crippen LogP contribution is 2.35. The maximum atomic E-state index is 12.8. The quantitative estimate of drug-likeness (QED) is 0.870. The van der Waals surface area contributed by atoms with Crippen molar-refractivity contribution in [3.05, 3.63) is 29.8 Å². The van der Waals surface area contributed by atoms with E-state index in [-0.39, 0.29) is 11.5 Å². The van der Waals surface area contributed by atoms with Gasteiger partial charge in [0.2, 0.25) is 5.91 Å². The smallest absolute Gasteiger partial charge is 0.237 e. The number of rotatable bonds is 4. The molecule has 6 heteroatoms. The van der Waals surface area contributed by atoms with Crippen LogP contribution in [0.15, 0.2) is 24.3 Å². The summed E-state index contributed by atoms with van der Waals surface area (Å²) in [6.45, 7) is 5.84. The molecule has 3 aliphatic rings.